The summed E-state index contributed by atoms with van der Waals surface area (Å²) in [6, 6.07) is 7.55. The van der Waals surface area contributed by atoms with E-state index in [-0.39, 0.29) is 12.5 Å². The molecule has 1 saturated heterocycles. The first-order chi connectivity index (χ1) is 8.15. The lowest BCUT2D eigenvalue weighted by Crippen LogP contribution is -2.43. The van der Waals surface area contributed by atoms with Gasteiger partial charge >= 0.3 is 5.97 Å². The summed E-state index contributed by atoms with van der Waals surface area (Å²) < 4.78 is 5.42. The minimum atomic E-state index is -0.831. The molecule has 0 aliphatic carbocycles. The van der Waals surface area contributed by atoms with E-state index in [0.717, 1.165) is 12.2 Å². The van der Waals surface area contributed by atoms with Crippen LogP contribution in [0.15, 0.2) is 24.3 Å². The topological polar surface area (TPSA) is 49.8 Å². The first-order valence-corrected chi connectivity index (χ1v) is 5.87. The van der Waals surface area contributed by atoms with Gasteiger partial charge in [-0.05, 0) is 18.2 Å². The number of ether oxygens (including phenoxy) is 1. The second kappa shape index (κ2) is 5.38. The van der Waals surface area contributed by atoms with Crippen molar-refractivity contribution in [2.24, 2.45) is 0 Å². The van der Waals surface area contributed by atoms with E-state index < -0.39 is 5.97 Å². The lowest BCUT2D eigenvalue weighted by atomic mass is 10.2. The van der Waals surface area contributed by atoms with Crippen molar-refractivity contribution in [3.05, 3.63) is 29.3 Å². The molecule has 5 heteroatoms. The van der Waals surface area contributed by atoms with Crippen molar-refractivity contribution in [1.82, 2.24) is 0 Å². The van der Waals surface area contributed by atoms with Crippen molar-refractivity contribution in [2.45, 2.75) is 12.5 Å². The molecule has 2 rings (SSSR count). The lowest BCUT2D eigenvalue weighted by molar-refractivity contribution is -0.140. The third-order valence-corrected chi connectivity index (χ3v) is 2.95. The molecule has 1 fully saturated rings. The number of aliphatic carboxylic acids is 1. The maximum atomic E-state index is 10.6. The summed E-state index contributed by atoms with van der Waals surface area (Å²) in [5.74, 6) is -0.831. The van der Waals surface area contributed by atoms with E-state index >= 15 is 0 Å². The maximum Gasteiger partial charge on any atom is 0.306 e. The van der Waals surface area contributed by atoms with Crippen LogP contribution >= 0.6 is 11.6 Å². The predicted molar refractivity (Wildman–Crippen MR) is 65.7 cm³/mol. The average molecular weight is 256 g/mol. The quantitative estimate of drug-likeness (QED) is 0.898. The number of anilines is 1. The molecule has 1 aliphatic rings. The number of hydrogen-bond acceptors (Lipinski definition) is 3. The molecular weight excluding hydrogens is 242 g/mol. The van der Waals surface area contributed by atoms with E-state index in [1.54, 1.807) is 0 Å². The van der Waals surface area contributed by atoms with Gasteiger partial charge in [-0.1, -0.05) is 17.7 Å². The predicted octanol–water partition coefficient (Wildman–Crippen LogP) is 2.02. The number of hydrogen-bond donors (Lipinski definition) is 1. The molecule has 1 aliphatic heterocycles. The molecule has 92 valence electrons. The molecule has 1 unspecified atom stereocenters. The molecule has 1 heterocycles. The van der Waals surface area contributed by atoms with Crippen LogP contribution in [0.4, 0.5) is 5.69 Å². The molecule has 1 aromatic rings. The monoisotopic (exact) mass is 255 g/mol. The molecule has 0 aromatic heterocycles. The molecule has 4 nitrogen and oxygen atoms in total. The summed E-state index contributed by atoms with van der Waals surface area (Å²) in [4.78, 5) is 12.7. The second-order valence-corrected chi connectivity index (χ2v) is 4.45. The van der Waals surface area contributed by atoms with Crippen LogP contribution < -0.4 is 4.90 Å². The van der Waals surface area contributed by atoms with E-state index in [1.165, 1.54) is 0 Å². The third-order valence-electron chi connectivity index (χ3n) is 2.71. The van der Waals surface area contributed by atoms with Gasteiger partial charge in [0.25, 0.3) is 0 Å². The van der Waals surface area contributed by atoms with Gasteiger partial charge in [0.15, 0.2) is 0 Å². The number of benzene rings is 1. The normalized spacial score (nSPS) is 20.3. The summed E-state index contributed by atoms with van der Waals surface area (Å²) in [7, 11) is 0. The van der Waals surface area contributed by atoms with Crippen LogP contribution in [0, 0.1) is 0 Å². The molecule has 0 bridgehead atoms. The Balaban J connectivity index is 2.04. The molecular formula is C12H14ClNO3. The SMILES string of the molecule is O=C(O)CC1CN(c2cccc(Cl)c2)CCO1. The molecule has 0 saturated carbocycles. The van der Waals surface area contributed by atoms with Crippen molar-refractivity contribution >= 4 is 23.3 Å². The van der Waals surface area contributed by atoms with E-state index in [9.17, 15) is 4.79 Å². The molecule has 0 radical (unpaired) electrons. The van der Waals surface area contributed by atoms with Crippen LogP contribution in [0.5, 0.6) is 0 Å². The number of carboxylic acids is 1. The van der Waals surface area contributed by atoms with Crippen molar-refractivity contribution in [3.8, 4) is 0 Å². The van der Waals surface area contributed by atoms with Gasteiger partial charge in [-0.15, -0.1) is 0 Å². The summed E-state index contributed by atoms with van der Waals surface area (Å²) in [6.07, 6.45) is -0.211. The number of halogens is 1. The second-order valence-electron chi connectivity index (χ2n) is 4.02. The Labute approximate surface area is 105 Å². The Hall–Kier alpha value is -1.26. The number of carbonyl (C=O) groups is 1. The molecule has 17 heavy (non-hydrogen) atoms. The van der Waals surface area contributed by atoms with Crippen molar-refractivity contribution in [1.29, 1.82) is 0 Å². The van der Waals surface area contributed by atoms with Crippen LogP contribution in [0.1, 0.15) is 6.42 Å². The highest BCUT2D eigenvalue weighted by molar-refractivity contribution is 6.30. The van der Waals surface area contributed by atoms with E-state index in [0.29, 0.717) is 18.2 Å². The van der Waals surface area contributed by atoms with Crippen LogP contribution in [0.25, 0.3) is 0 Å². The summed E-state index contributed by atoms with van der Waals surface area (Å²) >= 11 is 5.93. The van der Waals surface area contributed by atoms with Crippen molar-refractivity contribution < 1.29 is 14.6 Å². The third kappa shape index (κ3) is 3.35. The van der Waals surface area contributed by atoms with E-state index in [1.807, 2.05) is 24.3 Å². The Kier molecular flexibility index (Phi) is 3.86. The maximum absolute atomic E-state index is 10.6. The highest BCUT2D eigenvalue weighted by atomic mass is 35.5. The smallest absolute Gasteiger partial charge is 0.306 e. The lowest BCUT2D eigenvalue weighted by Gasteiger charge is -2.34. The van der Waals surface area contributed by atoms with Gasteiger partial charge in [-0.3, -0.25) is 4.79 Å². The highest BCUT2D eigenvalue weighted by Gasteiger charge is 2.22. The van der Waals surface area contributed by atoms with Gasteiger partial charge in [0.2, 0.25) is 0 Å². The first-order valence-electron chi connectivity index (χ1n) is 5.49. The Bertz CT molecular complexity index is 410. The Morgan fingerprint density at radius 2 is 2.41 bits per heavy atom. The summed E-state index contributed by atoms with van der Waals surface area (Å²) in [5.41, 5.74) is 1.01. The average Bonchev–Trinajstić information content (AvgIpc) is 2.28. The van der Waals surface area contributed by atoms with Crippen molar-refractivity contribution in [2.75, 3.05) is 24.6 Å². The fourth-order valence-electron chi connectivity index (χ4n) is 1.94. The van der Waals surface area contributed by atoms with E-state index in [4.69, 9.17) is 21.4 Å². The molecule has 1 atom stereocenters. The van der Waals surface area contributed by atoms with Crippen LogP contribution in [-0.2, 0) is 9.53 Å². The standard InChI is InChI=1S/C12H14ClNO3/c13-9-2-1-3-10(6-9)14-4-5-17-11(8-14)7-12(15)16/h1-3,6,11H,4-5,7-8H2,(H,15,16). The largest absolute Gasteiger partial charge is 0.481 e. The zero-order valence-corrected chi connectivity index (χ0v) is 10.1. The molecule has 1 N–H and O–H groups in total. The summed E-state index contributed by atoms with van der Waals surface area (Å²) in [5, 5.41) is 9.43. The number of morpholine rings is 1. The zero-order chi connectivity index (χ0) is 12.3. The van der Waals surface area contributed by atoms with Gasteiger partial charge in [0, 0.05) is 23.8 Å². The fraction of sp³-hybridized carbons (Fsp3) is 0.417. The summed E-state index contributed by atoms with van der Waals surface area (Å²) in [6.45, 7) is 1.90. The highest BCUT2D eigenvalue weighted by Crippen LogP contribution is 2.22. The molecule has 0 spiro atoms. The van der Waals surface area contributed by atoms with Gasteiger partial charge < -0.3 is 14.7 Å². The zero-order valence-electron chi connectivity index (χ0n) is 9.30. The van der Waals surface area contributed by atoms with Gasteiger partial charge in [0.05, 0.1) is 19.1 Å². The minimum absolute atomic E-state index is 0.0388. The fourth-order valence-corrected chi connectivity index (χ4v) is 2.13. The Morgan fingerprint density at radius 3 is 3.12 bits per heavy atom. The van der Waals surface area contributed by atoms with Crippen LogP contribution in [0.2, 0.25) is 5.02 Å². The number of carboxylic acid groups (broad SMARTS) is 1. The van der Waals surface area contributed by atoms with Crippen LogP contribution in [-0.4, -0.2) is 36.9 Å². The Morgan fingerprint density at radius 1 is 1.59 bits per heavy atom. The van der Waals surface area contributed by atoms with Gasteiger partial charge in [-0.2, -0.15) is 0 Å². The van der Waals surface area contributed by atoms with E-state index in [2.05, 4.69) is 4.90 Å². The molecule has 1 aromatic carbocycles. The van der Waals surface area contributed by atoms with Crippen molar-refractivity contribution in [3.63, 3.8) is 0 Å². The number of rotatable bonds is 3. The first kappa shape index (κ1) is 12.2. The van der Waals surface area contributed by atoms with Gasteiger partial charge in [-0.25, -0.2) is 0 Å². The van der Waals surface area contributed by atoms with Gasteiger partial charge in [0.1, 0.15) is 0 Å². The molecule has 0 amide bonds. The number of nitrogens with zero attached hydrogens (tertiary/aromatic N) is 1. The van der Waals surface area contributed by atoms with Crippen LogP contribution in [0.3, 0.4) is 0 Å². The minimum Gasteiger partial charge on any atom is -0.481 e.